The molecule has 0 aliphatic carbocycles. The van der Waals surface area contributed by atoms with Crippen molar-refractivity contribution in [3.05, 3.63) is 108 Å². The van der Waals surface area contributed by atoms with Gasteiger partial charge in [-0.1, -0.05) is 113 Å². The Bertz CT molecular complexity index is 1960. The number of fused-ring (bicyclic) bond motifs is 1. The molecule has 4 aromatic carbocycles. The lowest BCUT2D eigenvalue weighted by molar-refractivity contribution is 0.516. The number of thiophene rings is 2. The molecule has 2 unspecified atom stereocenters. The molecule has 5 heteroatoms. The molecule has 0 aliphatic rings. The van der Waals surface area contributed by atoms with Gasteiger partial charge in [-0.25, -0.2) is 0 Å². The van der Waals surface area contributed by atoms with Crippen LogP contribution in [-0.2, 0) is 25.3 Å². The van der Waals surface area contributed by atoms with Crippen molar-refractivity contribution in [3.63, 3.8) is 0 Å². The predicted molar refractivity (Wildman–Crippen MR) is 211 cm³/mol. The summed E-state index contributed by atoms with van der Waals surface area (Å²) in [7, 11) is 0. The number of nitrogen functional groups attached to an aromatic ring is 1. The van der Waals surface area contributed by atoms with Crippen molar-refractivity contribution in [2.24, 2.45) is 16.2 Å². The van der Waals surface area contributed by atoms with Crippen LogP contribution in [0.4, 0.5) is 11.4 Å². The maximum absolute atomic E-state index is 7.01. The summed E-state index contributed by atoms with van der Waals surface area (Å²) in [5.41, 5.74) is 15.6. The molecule has 6 rings (SSSR count). The van der Waals surface area contributed by atoms with Crippen molar-refractivity contribution in [3.8, 4) is 41.8 Å². The second-order valence-electron chi connectivity index (χ2n) is 13.0. The molecule has 2 nitrogen and oxygen atoms in total. The minimum atomic E-state index is 0.642. The summed E-state index contributed by atoms with van der Waals surface area (Å²) in [5.74, 6) is 1.52. The number of aryl methyl sites for hydroxylation is 2. The summed E-state index contributed by atoms with van der Waals surface area (Å²) in [6, 6.07) is 35.5. The topological polar surface area (TPSA) is 38.4 Å². The van der Waals surface area contributed by atoms with Crippen LogP contribution in [0.2, 0.25) is 0 Å². The molecule has 0 saturated heterocycles. The van der Waals surface area contributed by atoms with Crippen molar-refractivity contribution in [2.45, 2.75) is 66.2 Å². The van der Waals surface area contributed by atoms with E-state index >= 15 is 0 Å². The Kier molecular flexibility index (Phi) is 10.7. The number of anilines is 1. The van der Waals surface area contributed by atoms with E-state index in [4.69, 9.17) is 18.2 Å². The van der Waals surface area contributed by atoms with E-state index in [2.05, 4.69) is 129 Å². The molecule has 0 saturated carbocycles. The van der Waals surface area contributed by atoms with E-state index in [1.54, 1.807) is 22.7 Å². The third kappa shape index (κ3) is 7.28. The van der Waals surface area contributed by atoms with Crippen molar-refractivity contribution in [1.82, 2.24) is 0 Å². The van der Waals surface area contributed by atoms with Gasteiger partial charge in [0.1, 0.15) is 5.69 Å². The van der Waals surface area contributed by atoms with Crippen LogP contribution in [0.3, 0.4) is 0 Å². The molecule has 0 radical (unpaired) electrons. The van der Waals surface area contributed by atoms with E-state index in [1.807, 2.05) is 0 Å². The van der Waals surface area contributed by atoms with Crippen LogP contribution in [0.25, 0.3) is 52.5 Å². The molecular formula is C42H44N2S3. The normalized spacial score (nSPS) is 12.8. The van der Waals surface area contributed by atoms with E-state index in [1.165, 1.54) is 57.7 Å². The first kappa shape index (κ1) is 33.3. The highest BCUT2D eigenvalue weighted by Gasteiger charge is 2.22. The lowest BCUT2D eigenvalue weighted by Crippen LogP contribution is -1.95. The summed E-state index contributed by atoms with van der Waals surface area (Å²) in [6.45, 7) is 9.21. The maximum atomic E-state index is 7.01. The molecule has 0 amide bonds. The molecule has 2 atom stereocenters. The molecule has 0 fully saturated rings. The van der Waals surface area contributed by atoms with Gasteiger partial charge in [-0.3, -0.25) is 0 Å². The number of rotatable bonds is 13. The van der Waals surface area contributed by atoms with Gasteiger partial charge in [-0.2, -0.15) is 4.36 Å². The number of hydrogen-bond donors (Lipinski definition) is 1. The molecule has 2 N–H and O–H groups in total. The zero-order valence-electron chi connectivity index (χ0n) is 27.9. The standard InChI is InChI=1S/C42H44N2S3/c1-5-27(3)11-13-29-15-19-31(20-16-29)35-23-25-37(46-35)39-33-9-7-8-10-34(33)40(42(44-45)41(39)43)38-26-24-36(47-38)32-21-17-30(18-22-32)14-12-28(4)6-2/h7-10,15-28H,5-6,11-14,43H2,1-4H3. The van der Waals surface area contributed by atoms with Gasteiger partial charge in [-0.15, -0.1) is 22.7 Å². The second kappa shape index (κ2) is 15.1. The van der Waals surface area contributed by atoms with Gasteiger partial charge in [0.25, 0.3) is 0 Å². The minimum absolute atomic E-state index is 0.642. The van der Waals surface area contributed by atoms with Gasteiger partial charge in [0.15, 0.2) is 0 Å². The Balaban J connectivity index is 1.32. The third-order valence-electron chi connectivity index (χ3n) is 9.75. The van der Waals surface area contributed by atoms with E-state index in [0.29, 0.717) is 11.4 Å². The van der Waals surface area contributed by atoms with Gasteiger partial charge in [0.05, 0.1) is 5.69 Å². The number of nitrogens with two attached hydrogens (primary N) is 1. The van der Waals surface area contributed by atoms with Crippen molar-refractivity contribution in [1.29, 1.82) is 0 Å². The highest BCUT2D eigenvalue weighted by atomic mass is 32.1. The van der Waals surface area contributed by atoms with Gasteiger partial charge >= 0.3 is 0 Å². The van der Waals surface area contributed by atoms with E-state index in [9.17, 15) is 0 Å². The van der Waals surface area contributed by atoms with E-state index in [0.717, 1.165) is 56.3 Å². The summed E-state index contributed by atoms with van der Waals surface area (Å²) < 4.78 is 4.40. The molecule has 47 heavy (non-hydrogen) atoms. The first-order chi connectivity index (χ1) is 22.9. The largest absolute Gasteiger partial charge is 0.396 e. The number of nitrogens with zero attached hydrogens (tertiary/aromatic N) is 1. The smallest absolute Gasteiger partial charge is 0.110 e. The quantitative estimate of drug-likeness (QED) is 0.124. The number of hydrogen-bond acceptors (Lipinski definition) is 5. The monoisotopic (exact) mass is 672 g/mol. The summed E-state index contributed by atoms with van der Waals surface area (Å²) >= 11 is 8.97. The van der Waals surface area contributed by atoms with E-state index < -0.39 is 0 Å². The summed E-state index contributed by atoms with van der Waals surface area (Å²) in [6.07, 6.45) is 7.19. The average molecular weight is 673 g/mol. The molecule has 0 bridgehead atoms. The maximum Gasteiger partial charge on any atom is 0.110 e. The summed E-state index contributed by atoms with van der Waals surface area (Å²) in [4.78, 5) is 4.71. The van der Waals surface area contributed by atoms with Gasteiger partial charge < -0.3 is 5.73 Å². The van der Waals surface area contributed by atoms with E-state index in [-0.39, 0.29) is 0 Å². The van der Waals surface area contributed by atoms with Crippen LogP contribution in [-0.4, -0.2) is 0 Å². The van der Waals surface area contributed by atoms with Crippen LogP contribution in [0.5, 0.6) is 0 Å². The van der Waals surface area contributed by atoms with Gasteiger partial charge in [0.2, 0.25) is 0 Å². The highest BCUT2D eigenvalue weighted by Crippen LogP contribution is 2.51. The van der Waals surface area contributed by atoms with Crippen LogP contribution >= 0.6 is 22.7 Å². The molecule has 6 aromatic rings. The second-order valence-corrected chi connectivity index (χ2v) is 15.3. The third-order valence-corrected chi connectivity index (χ3v) is 12.2. The first-order valence-corrected chi connectivity index (χ1v) is 19.0. The predicted octanol–water partition coefficient (Wildman–Crippen LogP) is 13.5. The fourth-order valence-electron chi connectivity index (χ4n) is 6.22. The Morgan fingerprint density at radius 2 is 1.02 bits per heavy atom. The molecule has 0 aliphatic heterocycles. The van der Waals surface area contributed by atoms with Crippen LogP contribution in [0, 0.1) is 11.8 Å². The fraction of sp³-hybridized carbons (Fsp3) is 0.286. The van der Waals surface area contributed by atoms with Crippen LogP contribution < -0.4 is 5.73 Å². The van der Waals surface area contributed by atoms with Crippen molar-refractivity contribution in [2.75, 3.05) is 5.73 Å². The molecule has 2 aromatic heterocycles. The van der Waals surface area contributed by atoms with Gasteiger partial charge in [0, 0.05) is 43.1 Å². The lowest BCUT2D eigenvalue weighted by atomic mass is 9.94. The van der Waals surface area contributed by atoms with Crippen LogP contribution in [0.15, 0.2) is 101 Å². The van der Waals surface area contributed by atoms with Crippen molar-refractivity contribution < 1.29 is 0 Å². The highest BCUT2D eigenvalue weighted by molar-refractivity contribution is 7.47. The molecule has 240 valence electrons. The van der Waals surface area contributed by atoms with Crippen molar-refractivity contribution >= 4 is 57.2 Å². The average Bonchev–Trinajstić information content (AvgIpc) is 3.80. The number of benzene rings is 4. The Morgan fingerprint density at radius 1 is 0.596 bits per heavy atom. The lowest BCUT2D eigenvalue weighted by Gasteiger charge is -2.16. The Labute approximate surface area is 293 Å². The fourth-order valence-corrected chi connectivity index (χ4v) is 8.56. The Morgan fingerprint density at radius 3 is 1.47 bits per heavy atom. The first-order valence-electron chi connectivity index (χ1n) is 17.0. The minimum Gasteiger partial charge on any atom is -0.396 e. The molecule has 2 heterocycles. The molecular weight excluding hydrogens is 629 g/mol. The Hall–Kier alpha value is -3.64. The van der Waals surface area contributed by atoms with Crippen LogP contribution in [0.1, 0.15) is 64.5 Å². The zero-order chi connectivity index (χ0) is 32.9. The molecule has 0 spiro atoms. The van der Waals surface area contributed by atoms with Gasteiger partial charge in [-0.05, 0) is 94.8 Å². The SMILES string of the molecule is CCC(C)CCc1ccc(-c2ccc(-c3c(N)c(N=S)c(-c4ccc(-c5ccc(CCC(C)CC)cc5)s4)c4ccccc34)s2)cc1. The zero-order valence-corrected chi connectivity index (χ0v) is 30.3. The summed E-state index contributed by atoms with van der Waals surface area (Å²) in [5, 5.41) is 2.24.